The first-order valence-electron chi connectivity index (χ1n) is 5.89. The van der Waals surface area contributed by atoms with Gasteiger partial charge in [0.05, 0.1) is 12.4 Å². The van der Waals surface area contributed by atoms with E-state index in [0.717, 1.165) is 5.56 Å². The maximum atomic E-state index is 12.2. The van der Waals surface area contributed by atoms with Crippen molar-refractivity contribution >= 4 is 23.3 Å². The number of nitrogens with two attached hydrogens (primary N) is 1. The molecule has 6 nitrogen and oxygen atoms in total. The molecule has 0 aliphatic heterocycles. The summed E-state index contributed by atoms with van der Waals surface area (Å²) in [5, 5.41) is 0.621. The molecular formula is C13H14ClN5O. The van der Waals surface area contributed by atoms with Crippen LogP contribution in [0, 0.1) is 0 Å². The van der Waals surface area contributed by atoms with Crippen molar-refractivity contribution in [2.75, 3.05) is 12.5 Å². The fourth-order valence-electron chi connectivity index (χ4n) is 1.69. The second-order valence-electron chi connectivity index (χ2n) is 4.19. The van der Waals surface area contributed by atoms with Crippen LogP contribution >= 0.6 is 11.6 Å². The standard InChI is InChI=1S/C13H14ClN5O/c1-19(8-9-4-2-3-5-10(9)14)13(20)11-6-16-7-12(17-11)18-15/h2-7H,8,15H2,1H3,(H,17,18). The molecule has 0 aliphatic carbocycles. The van der Waals surface area contributed by atoms with Crippen LogP contribution in [-0.4, -0.2) is 27.8 Å². The summed E-state index contributed by atoms with van der Waals surface area (Å²) >= 11 is 6.07. The lowest BCUT2D eigenvalue weighted by molar-refractivity contribution is 0.0779. The summed E-state index contributed by atoms with van der Waals surface area (Å²) < 4.78 is 0. The quantitative estimate of drug-likeness (QED) is 0.661. The normalized spacial score (nSPS) is 10.2. The van der Waals surface area contributed by atoms with Crippen molar-refractivity contribution in [3.8, 4) is 0 Å². The highest BCUT2D eigenvalue weighted by Gasteiger charge is 2.15. The lowest BCUT2D eigenvalue weighted by atomic mass is 10.2. The first-order chi connectivity index (χ1) is 9.61. The summed E-state index contributed by atoms with van der Waals surface area (Å²) in [7, 11) is 1.68. The first-order valence-corrected chi connectivity index (χ1v) is 6.27. The van der Waals surface area contributed by atoms with Gasteiger partial charge in [-0.25, -0.2) is 10.8 Å². The largest absolute Gasteiger partial charge is 0.336 e. The zero-order valence-corrected chi connectivity index (χ0v) is 11.6. The molecule has 7 heteroatoms. The number of carbonyl (C=O) groups excluding carboxylic acids is 1. The number of nitrogens with zero attached hydrogens (tertiary/aromatic N) is 3. The van der Waals surface area contributed by atoms with Crippen LogP contribution < -0.4 is 11.3 Å². The summed E-state index contributed by atoms with van der Waals surface area (Å²) in [6, 6.07) is 7.37. The molecule has 3 N–H and O–H groups in total. The van der Waals surface area contributed by atoms with Crippen LogP contribution in [0.1, 0.15) is 16.1 Å². The number of halogens is 1. The Morgan fingerprint density at radius 1 is 1.40 bits per heavy atom. The van der Waals surface area contributed by atoms with Gasteiger partial charge in [0.25, 0.3) is 5.91 Å². The van der Waals surface area contributed by atoms with Gasteiger partial charge in [-0.15, -0.1) is 0 Å². The Hall–Kier alpha value is -2.18. The SMILES string of the molecule is CN(Cc1ccccc1Cl)C(=O)c1cncc(NN)n1. The fraction of sp³-hybridized carbons (Fsp3) is 0.154. The smallest absolute Gasteiger partial charge is 0.274 e. The monoisotopic (exact) mass is 291 g/mol. The second kappa shape index (κ2) is 6.31. The number of hydrogen-bond acceptors (Lipinski definition) is 5. The third-order valence-corrected chi connectivity index (χ3v) is 3.08. The van der Waals surface area contributed by atoms with Crippen molar-refractivity contribution in [1.29, 1.82) is 0 Å². The number of benzene rings is 1. The van der Waals surface area contributed by atoms with Crippen LogP contribution in [-0.2, 0) is 6.54 Å². The van der Waals surface area contributed by atoms with Gasteiger partial charge in [-0.05, 0) is 11.6 Å². The van der Waals surface area contributed by atoms with Crippen LogP contribution in [0.25, 0.3) is 0 Å². The number of hydrogen-bond donors (Lipinski definition) is 2. The Morgan fingerprint density at radius 3 is 2.85 bits per heavy atom. The molecule has 0 unspecified atom stereocenters. The zero-order valence-electron chi connectivity index (χ0n) is 10.9. The van der Waals surface area contributed by atoms with Gasteiger partial charge in [-0.2, -0.15) is 0 Å². The number of amides is 1. The van der Waals surface area contributed by atoms with E-state index in [1.54, 1.807) is 13.1 Å². The van der Waals surface area contributed by atoms with Gasteiger partial charge in [0.15, 0.2) is 5.82 Å². The Balaban J connectivity index is 2.14. The summed E-state index contributed by atoms with van der Waals surface area (Å²) in [5.74, 6) is 5.32. The summed E-state index contributed by atoms with van der Waals surface area (Å²) in [5.41, 5.74) is 3.44. The van der Waals surface area contributed by atoms with Crippen LogP contribution in [0.15, 0.2) is 36.7 Å². The molecule has 0 aliphatic rings. The summed E-state index contributed by atoms with van der Waals surface area (Å²) in [6.45, 7) is 0.389. The molecule has 1 heterocycles. The number of hydrazine groups is 1. The zero-order chi connectivity index (χ0) is 14.5. The third-order valence-electron chi connectivity index (χ3n) is 2.71. The van der Waals surface area contributed by atoms with Gasteiger partial charge in [-0.3, -0.25) is 9.78 Å². The number of aromatic nitrogens is 2. The highest BCUT2D eigenvalue weighted by atomic mass is 35.5. The van der Waals surface area contributed by atoms with E-state index in [4.69, 9.17) is 17.4 Å². The summed E-state index contributed by atoms with van der Waals surface area (Å²) in [4.78, 5) is 21.7. The van der Waals surface area contributed by atoms with Gasteiger partial charge in [0.2, 0.25) is 0 Å². The molecule has 1 aromatic carbocycles. The molecule has 20 heavy (non-hydrogen) atoms. The average molecular weight is 292 g/mol. The van der Waals surface area contributed by atoms with E-state index in [0.29, 0.717) is 17.4 Å². The van der Waals surface area contributed by atoms with Crippen molar-refractivity contribution in [2.45, 2.75) is 6.54 Å². The van der Waals surface area contributed by atoms with E-state index in [9.17, 15) is 4.79 Å². The Morgan fingerprint density at radius 2 is 2.15 bits per heavy atom. The molecule has 0 saturated carbocycles. The molecule has 0 bridgehead atoms. The first kappa shape index (κ1) is 14.2. The molecule has 0 fully saturated rings. The van der Waals surface area contributed by atoms with Gasteiger partial charge in [0, 0.05) is 18.6 Å². The number of nitrogens with one attached hydrogen (secondary N) is 1. The van der Waals surface area contributed by atoms with Crippen LogP contribution in [0.5, 0.6) is 0 Å². The molecule has 1 aromatic heterocycles. The minimum absolute atomic E-state index is 0.218. The molecule has 2 aromatic rings. The highest BCUT2D eigenvalue weighted by molar-refractivity contribution is 6.31. The fourth-order valence-corrected chi connectivity index (χ4v) is 1.88. The minimum Gasteiger partial charge on any atom is -0.336 e. The van der Waals surface area contributed by atoms with Crippen molar-refractivity contribution in [3.05, 3.63) is 52.9 Å². The predicted molar refractivity (Wildman–Crippen MR) is 77.1 cm³/mol. The lowest BCUT2D eigenvalue weighted by Gasteiger charge is -2.17. The average Bonchev–Trinajstić information content (AvgIpc) is 2.48. The van der Waals surface area contributed by atoms with E-state index < -0.39 is 0 Å². The van der Waals surface area contributed by atoms with Gasteiger partial charge in [0.1, 0.15) is 5.69 Å². The summed E-state index contributed by atoms with van der Waals surface area (Å²) in [6.07, 6.45) is 2.83. The molecular weight excluding hydrogens is 278 g/mol. The van der Waals surface area contributed by atoms with Crippen molar-refractivity contribution in [1.82, 2.24) is 14.9 Å². The van der Waals surface area contributed by atoms with Crippen LogP contribution in [0.4, 0.5) is 5.82 Å². The second-order valence-corrected chi connectivity index (χ2v) is 4.59. The molecule has 104 valence electrons. The number of rotatable bonds is 4. The van der Waals surface area contributed by atoms with Crippen LogP contribution in [0.3, 0.4) is 0 Å². The molecule has 0 radical (unpaired) electrons. The Labute approximate surface area is 121 Å². The lowest BCUT2D eigenvalue weighted by Crippen LogP contribution is -2.27. The molecule has 0 spiro atoms. The number of anilines is 1. The van der Waals surface area contributed by atoms with Gasteiger partial charge in [-0.1, -0.05) is 29.8 Å². The van der Waals surface area contributed by atoms with E-state index in [-0.39, 0.29) is 11.6 Å². The number of nitrogen functional groups attached to an aromatic ring is 1. The van der Waals surface area contributed by atoms with Crippen molar-refractivity contribution in [3.63, 3.8) is 0 Å². The predicted octanol–water partition coefficient (Wildman–Crippen LogP) is 1.69. The maximum absolute atomic E-state index is 12.2. The topological polar surface area (TPSA) is 84.1 Å². The van der Waals surface area contributed by atoms with Gasteiger partial charge < -0.3 is 10.3 Å². The van der Waals surface area contributed by atoms with E-state index in [1.807, 2.05) is 18.2 Å². The third kappa shape index (κ3) is 3.23. The van der Waals surface area contributed by atoms with E-state index in [1.165, 1.54) is 17.3 Å². The molecule has 0 saturated heterocycles. The molecule has 1 amide bonds. The molecule has 0 atom stereocenters. The van der Waals surface area contributed by atoms with Crippen LogP contribution in [0.2, 0.25) is 5.02 Å². The minimum atomic E-state index is -0.255. The Bertz CT molecular complexity index is 619. The van der Waals surface area contributed by atoms with Gasteiger partial charge >= 0.3 is 0 Å². The highest BCUT2D eigenvalue weighted by Crippen LogP contribution is 2.17. The number of carbonyl (C=O) groups is 1. The van der Waals surface area contributed by atoms with Crippen molar-refractivity contribution < 1.29 is 4.79 Å². The van der Waals surface area contributed by atoms with E-state index >= 15 is 0 Å². The molecule has 2 rings (SSSR count). The maximum Gasteiger partial charge on any atom is 0.274 e. The van der Waals surface area contributed by atoms with E-state index in [2.05, 4.69) is 15.4 Å². The Kier molecular flexibility index (Phi) is 4.49. The van der Waals surface area contributed by atoms with Crippen molar-refractivity contribution in [2.24, 2.45) is 5.84 Å².